The van der Waals surface area contributed by atoms with E-state index < -0.39 is 0 Å². The molecule has 8 nitrogen and oxygen atoms in total. The minimum absolute atomic E-state index is 0.0913. The Balaban J connectivity index is 1.31. The Hall–Kier alpha value is -3.55. The number of ether oxygens (including phenoxy) is 2. The van der Waals surface area contributed by atoms with Gasteiger partial charge in [0.2, 0.25) is 11.6 Å². The average Bonchev–Trinajstić information content (AvgIpc) is 3.46. The molecule has 0 bridgehead atoms. The van der Waals surface area contributed by atoms with Crippen LogP contribution in [0.1, 0.15) is 49.4 Å². The summed E-state index contributed by atoms with van der Waals surface area (Å²) in [7, 11) is 0. The Morgan fingerprint density at radius 2 is 1.97 bits per heavy atom. The summed E-state index contributed by atoms with van der Waals surface area (Å²) in [6.45, 7) is 7.62. The molecule has 3 aromatic rings. The molecule has 32 heavy (non-hydrogen) atoms. The topological polar surface area (TPSA) is 89.7 Å². The first-order valence-corrected chi connectivity index (χ1v) is 10.8. The monoisotopic (exact) mass is 436 g/mol. The molecule has 8 heteroatoms. The van der Waals surface area contributed by atoms with Crippen molar-refractivity contribution in [3.05, 3.63) is 66.2 Å². The lowest BCUT2D eigenvalue weighted by Gasteiger charge is -2.20. The standard InChI is InChI=1S/C24H28N4O4/c1-16(2)30-23-14-19(8-11-25-23)28-13-10-21(15-28)31-20-6-4-18(5-7-20)17(3)27-24(29)22-9-12-26-32-22/h4-9,11-12,14,16-17,21H,10,13,15H2,1-3H3,(H,27,29)/t17-,21?/m0/s1. The Bertz CT molecular complexity index is 1020. The van der Waals surface area contributed by atoms with Gasteiger partial charge in [-0.3, -0.25) is 4.79 Å². The van der Waals surface area contributed by atoms with Crippen LogP contribution in [-0.4, -0.2) is 41.3 Å². The summed E-state index contributed by atoms with van der Waals surface area (Å²) in [4.78, 5) is 18.7. The Labute approximate surface area is 187 Å². The van der Waals surface area contributed by atoms with Gasteiger partial charge in [-0.1, -0.05) is 17.3 Å². The maximum atomic E-state index is 12.1. The van der Waals surface area contributed by atoms with Gasteiger partial charge >= 0.3 is 0 Å². The van der Waals surface area contributed by atoms with Gasteiger partial charge in [0, 0.05) is 37.0 Å². The molecule has 1 unspecified atom stereocenters. The highest BCUT2D eigenvalue weighted by atomic mass is 16.5. The lowest BCUT2D eigenvalue weighted by Crippen LogP contribution is -2.26. The second-order valence-corrected chi connectivity index (χ2v) is 8.13. The third kappa shape index (κ3) is 5.38. The SMILES string of the molecule is CC(C)Oc1cc(N2CCC(Oc3ccc([C@H](C)NC(=O)c4ccno4)cc3)C2)ccn1. The van der Waals surface area contributed by atoms with Crippen LogP contribution in [0, 0.1) is 0 Å². The van der Waals surface area contributed by atoms with Gasteiger partial charge in [0.05, 0.1) is 24.9 Å². The van der Waals surface area contributed by atoms with Gasteiger partial charge in [-0.05, 0) is 44.5 Å². The Morgan fingerprint density at radius 1 is 1.16 bits per heavy atom. The first kappa shape index (κ1) is 21.7. The van der Waals surface area contributed by atoms with Crippen molar-refractivity contribution >= 4 is 11.6 Å². The second kappa shape index (κ2) is 9.72. The number of rotatable bonds is 8. The number of carbonyl (C=O) groups excluding carboxylic acids is 1. The van der Waals surface area contributed by atoms with E-state index in [0.29, 0.717) is 5.88 Å². The molecule has 2 atom stereocenters. The van der Waals surface area contributed by atoms with Gasteiger partial charge < -0.3 is 24.2 Å². The maximum absolute atomic E-state index is 12.1. The molecular formula is C24H28N4O4. The first-order valence-electron chi connectivity index (χ1n) is 10.8. The molecule has 3 heterocycles. The van der Waals surface area contributed by atoms with E-state index in [9.17, 15) is 4.79 Å². The molecule has 0 spiro atoms. The van der Waals surface area contributed by atoms with Gasteiger partial charge in [-0.25, -0.2) is 4.98 Å². The summed E-state index contributed by atoms with van der Waals surface area (Å²) in [5.41, 5.74) is 2.07. The predicted octanol–water partition coefficient (Wildman–Crippen LogP) is 4.01. The number of benzene rings is 1. The summed E-state index contributed by atoms with van der Waals surface area (Å²) >= 11 is 0. The van der Waals surface area contributed by atoms with Crippen molar-refractivity contribution in [1.82, 2.24) is 15.5 Å². The molecule has 1 N–H and O–H groups in total. The van der Waals surface area contributed by atoms with Crippen LogP contribution in [-0.2, 0) is 0 Å². The molecule has 0 radical (unpaired) electrons. The fourth-order valence-corrected chi connectivity index (χ4v) is 3.67. The number of nitrogens with one attached hydrogen (secondary N) is 1. The molecular weight excluding hydrogens is 408 g/mol. The van der Waals surface area contributed by atoms with Crippen molar-refractivity contribution in [3.63, 3.8) is 0 Å². The van der Waals surface area contributed by atoms with Crippen LogP contribution in [0.5, 0.6) is 11.6 Å². The van der Waals surface area contributed by atoms with Gasteiger partial charge in [-0.15, -0.1) is 0 Å². The highest BCUT2D eigenvalue weighted by molar-refractivity contribution is 5.91. The lowest BCUT2D eigenvalue weighted by atomic mass is 10.1. The highest BCUT2D eigenvalue weighted by Gasteiger charge is 2.25. The van der Waals surface area contributed by atoms with Crippen LogP contribution in [0.3, 0.4) is 0 Å². The molecule has 0 saturated carbocycles. The summed E-state index contributed by atoms with van der Waals surface area (Å²) in [6.07, 6.45) is 4.36. The minimum atomic E-state index is -0.292. The molecule has 168 valence electrons. The molecule has 1 saturated heterocycles. The van der Waals surface area contributed by atoms with E-state index in [1.54, 1.807) is 6.20 Å². The van der Waals surface area contributed by atoms with Crippen LogP contribution in [0.15, 0.2) is 59.4 Å². The lowest BCUT2D eigenvalue weighted by molar-refractivity contribution is 0.0902. The number of amides is 1. The molecule has 1 fully saturated rings. The number of aromatic nitrogens is 2. The summed E-state index contributed by atoms with van der Waals surface area (Å²) in [6, 6.07) is 13.2. The van der Waals surface area contributed by atoms with Crippen molar-refractivity contribution in [2.75, 3.05) is 18.0 Å². The van der Waals surface area contributed by atoms with Gasteiger partial charge in [-0.2, -0.15) is 0 Å². The molecule has 4 rings (SSSR count). The van der Waals surface area contributed by atoms with Gasteiger partial charge in [0.25, 0.3) is 5.91 Å². The zero-order valence-corrected chi connectivity index (χ0v) is 18.5. The summed E-state index contributed by atoms with van der Waals surface area (Å²) < 4.78 is 16.8. The van der Waals surface area contributed by atoms with Crippen LogP contribution in [0.2, 0.25) is 0 Å². The normalized spacial score (nSPS) is 16.8. The highest BCUT2D eigenvalue weighted by Crippen LogP contribution is 2.26. The molecule has 1 aliphatic rings. The van der Waals surface area contributed by atoms with Crippen LogP contribution in [0.25, 0.3) is 0 Å². The Morgan fingerprint density at radius 3 is 2.69 bits per heavy atom. The second-order valence-electron chi connectivity index (χ2n) is 8.13. The van der Waals surface area contributed by atoms with E-state index in [0.717, 1.165) is 36.5 Å². The van der Waals surface area contributed by atoms with E-state index in [4.69, 9.17) is 14.0 Å². The van der Waals surface area contributed by atoms with Crippen molar-refractivity contribution in [3.8, 4) is 11.6 Å². The van der Waals surface area contributed by atoms with E-state index in [2.05, 4.69) is 20.4 Å². The predicted molar refractivity (Wildman–Crippen MR) is 120 cm³/mol. The first-order chi connectivity index (χ1) is 15.5. The van der Waals surface area contributed by atoms with Crippen LogP contribution < -0.4 is 19.7 Å². The largest absolute Gasteiger partial charge is 0.489 e. The molecule has 1 amide bonds. The van der Waals surface area contributed by atoms with Gasteiger partial charge in [0.1, 0.15) is 11.9 Å². The summed E-state index contributed by atoms with van der Waals surface area (Å²) in [5.74, 6) is 1.36. The number of carbonyl (C=O) groups is 1. The fraction of sp³-hybridized carbons (Fsp3) is 0.375. The summed E-state index contributed by atoms with van der Waals surface area (Å²) in [5, 5.41) is 6.45. The Kier molecular flexibility index (Phi) is 6.58. The fourth-order valence-electron chi connectivity index (χ4n) is 3.67. The van der Waals surface area contributed by atoms with Crippen molar-refractivity contribution < 1.29 is 18.8 Å². The number of nitrogens with zero attached hydrogens (tertiary/aromatic N) is 3. The van der Waals surface area contributed by atoms with E-state index in [1.165, 1.54) is 12.3 Å². The average molecular weight is 437 g/mol. The van der Waals surface area contributed by atoms with E-state index in [1.807, 2.05) is 57.2 Å². The maximum Gasteiger partial charge on any atom is 0.290 e. The zero-order chi connectivity index (χ0) is 22.5. The van der Waals surface area contributed by atoms with E-state index >= 15 is 0 Å². The third-order valence-corrected chi connectivity index (χ3v) is 5.28. The number of hydrogen-bond acceptors (Lipinski definition) is 7. The number of pyridine rings is 1. The third-order valence-electron chi connectivity index (χ3n) is 5.28. The smallest absolute Gasteiger partial charge is 0.290 e. The molecule has 1 aliphatic heterocycles. The van der Waals surface area contributed by atoms with Gasteiger partial charge in [0.15, 0.2) is 0 Å². The molecule has 1 aromatic carbocycles. The molecule has 0 aliphatic carbocycles. The van der Waals surface area contributed by atoms with Crippen LogP contribution >= 0.6 is 0 Å². The van der Waals surface area contributed by atoms with Crippen molar-refractivity contribution in [1.29, 1.82) is 0 Å². The number of anilines is 1. The quantitative estimate of drug-likeness (QED) is 0.571. The van der Waals surface area contributed by atoms with Crippen molar-refractivity contribution in [2.24, 2.45) is 0 Å². The minimum Gasteiger partial charge on any atom is -0.489 e. The van der Waals surface area contributed by atoms with E-state index in [-0.39, 0.29) is 29.9 Å². The van der Waals surface area contributed by atoms with Crippen molar-refractivity contribution in [2.45, 2.75) is 45.4 Å². The zero-order valence-electron chi connectivity index (χ0n) is 18.5. The molecule has 2 aromatic heterocycles. The number of hydrogen-bond donors (Lipinski definition) is 1. The van der Waals surface area contributed by atoms with Crippen LogP contribution in [0.4, 0.5) is 5.69 Å².